The van der Waals surface area contributed by atoms with Crippen molar-refractivity contribution in [2.24, 2.45) is 0 Å². The number of nitrogens with zero attached hydrogens (tertiary/aromatic N) is 1. The van der Waals surface area contributed by atoms with E-state index in [2.05, 4.69) is 46.0 Å². The molecular formula is C19H31NO3Si. The highest BCUT2D eigenvalue weighted by atomic mass is 28.4. The Morgan fingerprint density at radius 1 is 1.25 bits per heavy atom. The molecule has 5 heteroatoms. The fourth-order valence-corrected chi connectivity index (χ4v) is 3.24. The van der Waals surface area contributed by atoms with Gasteiger partial charge in [-0.3, -0.25) is 9.63 Å². The van der Waals surface area contributed by atoms with Gasteiger partial charge in [0.2, 0.25) is 0 Å². The average molecular weight is 350 g/mol. The minimum absolute atomic E-state index is 0.0519. The fourth-order valence-electron chi connectivity index (χ4n) is 1.94. The van der Waals surface area contributed by atoms with Crippen molar-refractivity contribution in [3.63, 3.8) is 0 Å². The van der Waals surface area contributed by atoms with Gasteiger partial charge in [-0.05, 0) is 30.1 Å². The molecule has 4 nitrogen and oxygen atoms in total. The molecule has 0 aliphatic rings. The molecule has 0 aliphatic carbocycles. The first-order valence-corrected chi connectivity index (χ1v) is 11.2. The van der Waals surface area contributed by atoms with Gasteiger partial charge < -0.3 is 4.43 Å². The predicted molar refractivity (Wildman–Crippen MR) is 101 cm³/mol. The van der Waals surface area contributed by atoms with Crippen LogP contribution in [0.3, 0.4) is 0 Å². The third-order valence-corrected chi connectivity index (χ3v) is 9.10. The quantitative estimate of drug-likeness (QED) is 0.406. The van der Waals surface area contributed by atoms with Crippen LogP contribution in [0.4, 0.5) is 0 Å². The zero-order chi connectivity index (χ0) is 18.4. The minimum atomic E-state index is -1.91. The Morgan fingerprint density at radius 3 is 2.33 bits per heavy atom. The monoisotopic (exact) mass is 349 g/mol. The van der Waals surface area contributed by atoms with Gasteiger partial charge in [0.05, 0.1) is 13.2 Å². The van der Waals surface area contributed by atoms with Crippen LogP contribution >= 0.6 is 0 Å². The second-order valence-electron chi connectivity index (χ2n) is 7.43. The largest absolute Gasteiger partial charge is 0.410 e. The van der Waals surface area contributed by atoms with Crippen LogP contribution in [0.1, 0.15) is 38.9 Å². The Balaban J connectivity index is 2.92. The summed E-state index contributed by atoms with van der Waals surface area (Å²) in [4.78, 5) is 16.7. The third kappa shape index (κ3) is 5.89. The lowest BCUT2D eigenvalue weighted by atomic mass is 10.1. The summed E-state index contributed by atoms with van der Waals surface area (Å²) in [5, 5.41) is 1.33. The zero-order valence-corrected chi connectivity index (χ0v) is 17.0. The number of benzene rings is 1. The smallest absolute Gasteiger partial charge is 0.269 e. The van der Waals surface area contributed by atoms with Crippen LogP contribution in [0.25, 0.3) is 0 Å². The van der Waals surface area contributed by atoms with E-state index in [9.17, 15) is 4.79 Å². The molecule has 0 N–H and O–H groups in total. The normalized spacial score (nSPS) is 14.0. The number of hydrogen-bond donors (Lipinski definition) is 0. The molecule has 0 saturated heterocycles. The molecule has 1 aromatic rings. The van der Waals surface area contributed by atoms with Crippen molar-refractivity contribution in [2.45, 2.75) is 51.4 Å². The Labute approximate surface area is 147 Å². The number of hydroxylamine groups is 2. The first-order chi connectivity index (χ1) is 11.1. The standard InChI is InChI=1S/C19H31NO3Si/c1-19(2,3)24(6,7)23-17(16-12-9-8-10-13-16)14-11-15-18(21)20(4)22-5/h8-13,15,17H,14H2,1-7H3/b15-11+. The highest BCUT2D eigenvalue weighted by molar-refractivity contribution is 6.74. The zero-order valence-electron chi connectivity index (χ0n) is 16.0. The number of carbonyl (C=O) groups excluding carboxylic acids is 1. The predicted octanol–water partition coefficient (Wildman–Crippen LogP) is 4.72. The molecule has 134 valence electrons. The molecule has 24 heavy (non-hydrogen) atoms. The van der Waals surface area contributed by atoms with E-state index in [4.69, 9.17) is 9.26 Å². The molecule has 0 spiro atoms. The van der Waals surface area contributed by atoms with E-state index in [0.717, 1.165) is 5.56 Å². The van der Waals surface area contributed by atoms with Crippen LogP contribution < -0.4 is 0 Å². The highest BCUT2D eigenvalue weighted by Gasteiger charge is 2.39. The molecule has 0 aromatic heterocycles. The van der Waals surface area contributed by atoms with Gasteiger partial charge in [-0.25, -0.2) is 5.06 Å². The number of likely N-dealkylation sites (N-methyl/N-ethyl adjacent to an activating group) is 1. The van der Waals surface area contributed by atoms with E-state index in [-0.39, 0.29) is 17.0 Å². The third-order valence-electron chi connectivity index (χ3n) is 4.61. The fraction of sp³-hybridized carbons (Fsp3) is 0.526. The van der Waals surface area contributed by atoms with Gasteiger partial charge in [-0.15, -0.1) is 0 Å². The Kier molecular flexibility index (Phi) is 7.39. The molecule has 0 aliphatic heterocycles. The summed E-state index contributed by atoms with van der Waals surface area (Å²) >= 11 is 0. The van der Waals surface area contributed by atoms with E-state index < -0.39 is 8.32 Å². The van der Waals surface area contributed by atoms with Gasteiger partial charge in [-0.2, -0.15) is 0 Å². The molecule has 1 unspecified atom stereocenters. The van der Waals surface area contributed by atoms with Gasteiger partial charge in [0.1, 0.15) is 0 Å². The van der Waals surface area contributed by atoms with Crippen LogP contribution in [0.15, 0.2) is 42.5 Å². The lowest BCUT2D eigenvalue weighted by Crippen LogP contribution is -2.41. The maximum absolute atomic E-state index is 11.8. The van der Waals surface area contributed by atoms with Crippen molar-refractivity contribution >= 4 is 14.2 Å². The van der Waals surface area contributed by atoms with Gasteiger partial charge in [0.25, 0.3) is 5.91 Å². The molecular weight excluding hydrogens is 318 g/mol. The topological polar surface area (TPSA) is 38.8 Å². The summed E-state index contributed by atoms with van der Waals surface area (Å²) < 4.78 is 6.59. The summed E-state index contributed by atoms with van der Waals surface area (Å²) in [6, 6.07) is 10.2. The maximum atomic E-state index is 11.8. The molecule has 0 bridgehead atoms. The number of rotatable bonds is 7. The summed E-state index contributed by atoms with van der Waals surface area (Å²) in [6.45, 7) is 11.2. The number of amides is 1. The second kappa shape index (κ2) is 8.60. The highest BCUT2D eigenvalue weighted by Crippen LogP contribution is 2.40. The maximum Gasteiger partial charge on any atom is 0.269 e. The number of hydrogen-bond acceptors (Lipinski definition) is 3. The Hall–Kier alpha value is -1.43. The van der Waals surface area contributed by atoms with E-state index >= 15 is 0 Å². The summed E-state index contributed by atoms with van der Waals surface area (Å²) in [5.74, 6) is -0.184. The van der Waals surface area contributed by atoms with E-state index in [1.54, 1.807) is 7.05 Å². The summed E-state index contributed by atoms with van der Waals surface area (Å²) in [7, 11) is 1.15. The summed E-state index contributed by atoms with van der Waals surface area (Å²) in [5.41, 5.74) is 1.14. The van der Waals surface area contributed by atoms with Crippen LogP contribution in [-0.4, -0.2) is 33.4 Å². The van der Waals surface area contributed by atoms with E-state index in [1.165, 1.54) is 18.2 Å². The first-order valence-electron chi connectivity index (χ1n) is 8.29. The number of carbonyl (C=O) groups is 1. The Bertz CT molecular complexity index is 549. The SMILES string of the molecule is CON(C)C(=O)/C=C/CC(O[Si](C)(C)C(C)(C)C)c1ccccc1. The summed E-state index contributed by atoms with van der Waals surface area (Å²) in [6.07, 6.45) is 4.00. The van der Waals surface area contributed by atoms with Crippen LogP contribution in [0.2, 0.25) is 18.1 Å². The Morgan fingerprint density at radius 2 is 1.83 bits per heavy atom. The van der Waals surface area contributed by atoms with Crippen LogP contribution in [0, 0.1) is 0 Å². The molecule has 0 heterocycles. The second-order valence-corrected chi connectivity index (χ2v) is 12.2. The minimum Gasteiger partial charge on any atom is -0.410 e. The lowest BCUT2D eigenvalue weighted by Gasteiger charge is -2.39. The van der Waals surface area contributed by atoms with Crippen molar-refractivity contribution in [1.29, 1.82) is 0 Å². The van der Waals surface area contributed by atoms with Crippen molar-refractivity contribution in [1.82, 2.24) is 5.06 Å². The van der Waals surface area contributed by atoms with Crippen LogP contribution in [0.5, 0.6) is 0 Å². The molecule has 1 aromatic carbocycles. The molecule has 1 rings (SSSR count). The molecule has 1 atom stereocenters. The van der Waals surface area contributed by atoms with E-state index in [0.29, 0.717) is 6.42 Å². The van der Waals surface area contributed by atoms with Gasteiger partial charge in [0, 0.05) is 13.1 Å². The van der Waals surface area contributed by atoms with Crippen molar-refractivity contribution in [2.75, 3.05) is 14.2 Å². The molecule has 0 fully saturated rings. The molecule has 0 radical (unpaired) electrons. The van der Waals surface area contributed by atoms with Gasteiger partial charge in [0.15, 0.2) is 8.32 Å². The molecule has 0 saturated carbocycles. The van der Waals surface area contributed by atoms with Crippen molar-refractivity contribution < 1.29 is 14.1 Å². The van der Waals surface area contributed by atoms with Crippen molar-refractivity contribution in [3.05, 3.63) is 48.0 Å². The van der Waals surface area contributed by atoms with Crippen molar-refractivity contribution in [3.8, 4) is 0 Å². The average Bonchev–Trinajstić information content (AvgIpc) is 2.52. The van der Waals surface area contributed by atoms with Gasteiger partial charge in [-0.1, -0.05) is 57.2 Å². The first kappa shape index (κ1) is 20.6. The van der Waals surface area contributed by atoms with E-state index in [1.807, 2.05) is 24.3 Å². The lowest BCUT2D eigenvalue weighted by molar-refractivity contribution is -0.162. The molecule has 1 amide bonds. The van der Waals surface area contributed by atoms with Crippen LogP contribution in [-0.2, 0) is 14.1 Å². The van der Waals surface area contributed by atoms with Gasteiger partial charge >= 0.3 is 0 Å².